The lowest BCUT2D eigenvalue weighted by molar-refractivity contribution is -0.153. The molecule has 2 atom stereocenters. The summed E-state index contributed by atoms with van der Waals surface area (Å²) in [6, 6.07) is 20.3. The molecule has 0 aromatic heterocycles. The summed E-state index contributed by atoms with van der Waals surface area (Å²) in [7, 11) is 0. The second kappa shape index (κ2) is 5.01. The highest BCUT2D eigenvalue weighted by Gasteiger charge is 2.68. The van der Waals surface area contributed by atoms with Crippen LogP contribution in [0.25, 0.3) is 0 Å². The first-order chi connectivity index (χ1) is 11.5. The van der Waals surface area contributed by atoms with Gasteiger partial charge in [0.1, 0.15) is 0 Å². The molecule has 0 N–H and O–H groups in total. The van der Waals surface area contributed by atoms with Gasteiger partial charge in [-0.15, -0.1) is 0 Å². The molecule has 2 aromatic rings. The fraction of sp³-hybridized carbons (Fsp3) is 0.273. The van der Waals surface area contributed by atoms with E-state index >= 15 is 0 Å². The molecule has 24 heavy (non-hydrogen) atoms. The third-order valence-electron chi connectivity index (χ3n) is 5.87. The Labute approximate surface area is 142 Å². The van der Waals surface area contributed by atoms with Gasteiger partial charge in [-0.1, -0.05) is 67.6 Å². The Bertz CT molecular complexity index is 809. The van der Waals surface area contributed by atoms with Crippen molar-refractivity contribution in [3.63, 3.8) is 0 Å². The van der Waals surface area contributed by atoms with Crippen LogP contribution < -0.4 is 0 Å². The van der Waals surface area contributed by atoms with Gasteiger partial charge in [0, 0.05) is 16.7 Å². The first-order valence-electron chi connectivity index (χ1n) is 8.38. The topological polar surface area (TPSA) is 34.1 Å². The normalized spacial score (nSPS) is 27.9. The minimum Gasteiger partial charge on any atom is -0.294 e. The average molecular weight is 316 g/mol. The van der Waals surface area contributed by atoms with Gasteiger partial charge >= 0.3 is 0 Å². The monoisotopic (exact) mass is 316 g/mol. The largest absolute Gasteiger partial charge is 0.294 e. The van der Waals surface area contributed by atoms with Crippen LogP contribution in [0.4, 0.5) is 0 Å². The van der Waals surface area contributed by atoms with Crippen molar-refractivity contribution >= 4 is 11.6 Å². The van der Waals surface area contributed by atoms with Crippen LogP contribution in [0.3, 0.4) is 0 Å². The Kier molecular flexibility index (Phi) is 3.14. The Morgan fingerprint density at radius 2 is 1.38 bits per heavy atom. The maximum Gasteiger partial charge on any atom is 0.165 e. The Morgan fingerprint density at radius 1 is 0.875 bits per heavy atom. The predicted molar refractivity (Wildman–Crippen MR) is 93.6 cm³/mol. The number of benzene rings is 2. The minimum atomic E-state index is -0.596. The summed E-state index contributed by atoms with van der Waals surface area (Å²) >= 11 is 0. The molecule has 2 nitrogen and oxygen atoms in total. The minimum absolute atomic E-state index is 0.0774. The van der Waals surface area contributed by atoms with Gasteiger partial charge in [-0.25, -0.2) is 0 Å². The van der Waals surface area contributed by atoms with Gasteiger partial charge in [0.15, 0.2) is 11.6 Å². The fourth-order valence-electron chi connectivity index (χ4n) is 4.95. The molecule has 0 amide bonds. The van der Waals surface area contributed by atoms with Gasteiger partial charge in [-0.3, -0.25) is 9.59 Å². The smallest absolute Gasteiger partial charge is 0.165 e. The van der Waals surface area contributed by atoms with Crippen LogP contribution in [0.1, 0.15) is 31.4 Å². The highest BCUT2D eigenvalue weighted by molar-refractivity contribution is 6.14. The molecule has 0 spiro atoms. The van der Waals surface area contributed by atoms with Crippen LogP contribution in [-0.4, -0.2) is 11.6 Å². The van der Waals surface area contributed by atoms with Crippen molar-refractivity contribution < 1.29 is 9.59 Å². The van der Waals surface area contributed by atoms with Crippen molar-refractivity contribution in [2.75, 3.05) is 0 Å². The van der Waals surface area contributed by atoms with E-state index in [1.165, 1.54) is 0 Å². The summed E-state index contributed by atoms with van der Waals surface area (Å²) in [6.07, 6.45) is 2.23. The van der Waals surface area contributed by atoms with E-state index in [2.05, 4.69) is 24.3 Å². The van der Waals surface area contributed by atoms with Gasteiger partial charge in [-0.2, -0.15) is 0 Å². The molecular formula is C22H20O2. The van der Waals surface area contributed by atoms with E-state index in [-0.39, 0.29) is 17.5 Å². The van der Waals surface area contributed by atoms with Gasteiger partial charge in [0.2, 0.25) is 0 Å². The second-order valence-electron chi connectivity index (χ2n) is 7.29. The molecule has 4 rings (SSSR count). The zero-order valence-corrected chi connectivity index (χ0v) is 14.0. The third kappa shape index (κ3) is 1.77. The first kappa shape index (κ1) is 15.1. The number of Topliss-reactive ketones (excluding diaryl/α,β-unsaturated/α-hetero) is 1. The van der Waals surface area contributed by atoms with Crippen LogP contribution >= 0.6 is 0 Å². The second-order valence-corrected chi connectivity index (χ2v) is 7.29. The van der Waals surface area contributed by atoms with Crippen LogP contribution in [0, 0.1) is 11.3 Å². The molecule has 0 saturated heterocycles. The maximum atomic E-state index is 13.0. The van der Waals surface area contributed by atoms with Crippen molar-refractivity contribution in [1.82, 2.24) is 0 Å². The summed E-state index contributed by atoms with van der Waals surface area (Å²) < 4.78 is 0. The van der Waals surface area contributed by atoms with Gasteiger partial charge in [0.25, 0.3) is 0 Å². The van der Waals surface area contributed by atoms with Crippen molar-refractivity contribution in [3.05, 3.63) is 83.4 Å². The zero-order chi connectivity index (χ0) is 16.9. The zero-order valence-electron chi connectivity index (χ0n) is 14.0. The average Bonchev–Trinajstić information content (AvgIpc) is 2.58. The number of hydrogen-bond acceptors (Lipinski definition) is 2. The van der Waals surface area contributed by atoms with Gasteiger partial charge < -0.3 is 0 Å². The van der Waals surface area contributed by atoms with E-state index in [4.69, 9.17) is 0 Å². The highest BCUT2D eigenvalue weighted by Crippen LogP contribution is 2.65. The highest BCUT2D eigenvalue weighted by atomic mass is 16.1. The van der Waals surface area contributed by atoms with Crippen molar-refractivity contribution in [2.24, 2.45) is 11.3 Å². The molecule has 2 unspecified atom stereocenters. The Morgan fingerprint density at radius 3 is 1.88 bits per heavy atom. The molecule has 1 saturated carbocycles. The lowest BCUT2D eigenvalue weighted by Gasteiger charge is -2.61. The molecule has 0 aliphatic heterocycles. The fourth-order valence-corrected chi connectivity index (χ4v) is 4.95. The number of ketones is 2. The molecule has 2 aromatic carbocycles. The molecular weight excluding hydrogens is 296 g/mol. The third-order valence-corrected chi connectivity index (χ3v) is 5.87. The number of hydrogen-bond donors (Lipinski definition) is 0. The quantitative estimate of drug-likeness (QED) is 0.836. The van der Waals surface area contributed by atoms with Crippen molar-refractivity contribution in [2.45, 2.75) is 25.7 Å². The van der Waals surface area contributed by atoms with Crippen LogP contribution in [0.2, 0.25) is 0 Å². The van der Waals surface area contributed by atoms with Crippen LogP contribution in [0.15, 0.2) is 72.3 Å². The molecule has 0 radical (unpaired) electrons. The van der Waals surface area contributed by atoms with Crippen LogP contribution in [-0.2, 0) is 15.0 Å². The Hall–Kier alpha value is -2.48. The van der Waals surface area contributed by atoms with E-state index in [0.717, 1.165) is 11.1 Å². The summed E-state index contributed by atoms with van der Waals surface area (Å²) in [6.45, 7) is 3.71. The predicted octanol–water partition coefficient (Wildman–Crippen LogP) is 4.10. The number of carbonyl (C=O) groups excluding carboxylic acids is 2. The molecule has 2 aliphatic carbocycles. The summed E-state index contributed by atoms with van der Waals surface area (Å²) in [4.78, 5) is 25.7. The van der Waals surface area contributed by atoms with Gasteiger partial charge in [-0.05, 0) is 36.1 Å². The molecule has 0 heterocycles. The number of rotatable bonds is 2. The maximum absolute atomic E-state index is 13.0. The summed E-state index contributed by atoms with van der Waals surface area (Å²) in [5.41, 5.74) is 1.82. The lowest BCUT2D eigenvalue weighted by Crippen LogP contribution is -2.66. The lowest BCUT2D eigenvalue weighted by atomic mass is 9.38. The summed E-state index contributed by atoms with van der Waals surface area (Å²) in [5.74, 6) is -0.130. The van der Waals surface area contributed by atoms with E-state index < -0.39 is 10.8 Å². The van der Waals surface area contributed by atoms with Crippen molar-refractivity contribution in [1.29, 1.82) is 0 Å². The van der Waals surface area contributed by atoms with Gasteiger partial charge in [0.05, 0.1) is 0 Å². The SMILES string of the molecule is CC1=CC(=O)C2C(C)(CC2(c2ccccc2)c2ccccc2)C1=O. The van der Waals surface area contributed by atoms with Crippen molar-refractivity contribution in [3.8, 4) is 0 Å². The molecule has 2 aliphatic rings. The van der Waals surface area contributed by atoms with E-state index in [1.807, 2.05) is 43.3 Å². The van der Waals surface area contributed by atoms with E-state index in [1.54, 1.807) is 13.0 Å². The standard InChI is InChI=1S/C22H20O2/c1-15-13-18(23)19-21(2,20(15)24)14-22(19,16-9-5-3-6-10-16)17-11-7-4-8-12-17/h3-13,19H,14H2,1-2H3. The van der Waals surface area contributed by atoms with Crippen LogP contribution in [0.5, 0.6) is 0 Å². The molecule has 0 bridgehead atoms. The molecule has 120 valence electrons. The first-order valence-corrected chi connectivity index (χ1v) is 8.38. The van der Waals surface area contributed by atoms with E-state index in [0.29, 0.717) is 12.0 Å². The summed E-state index contributed by atoms with van der Waals surface area (Å²) in [5, 5.41) is 0. The van der Waals surface area contributed by atoms with E-state index in [9.17, 15) is 9.59 Å². The number of allylic oxidation sites excluding steroid dienone is 2. The number of carbonyl (C=O) groups is 2. The molecule has 1 fully saturated rings. The molecule has 2 heteroatoms. The Balaban J connectivity index is 1.96. The number of fused-ring (bicyclic) bond motifs is 1.